The zero-order valence-electron chi connectivity index (χ0n) is 9.35. The van der Waals surface area contributed by atoms with Crippen molar-refractivity contribution in [2.75, 3.05) is 6.61 Å². The number of halogens is 1. The van der Waals surface area contributed by atoms with E-state index in [4.69, 9.17) is 21.4 Å². The molecule has 1 atom stereocenters. The van der Waals surface area contributed by atoms with Gasteiger partial charge in [-0.1, -0.05) is 18.7 Å². The number of aliphatic hydroxyl groups is 1. The van der Waals surface area contributed by atoms with E-state index in [1.165, 1.54) is 11.8 Å². The maximum Gasteiger partial charge on any atom is 0.321 e. The molecule has 1 rings (SSSR count). The van der Waals surface area contributed by atoms with E-state index >= 15 is 0 Å². The van der Waals surface area contributed by atoms with E-state index in [0.717, 1.165) is 0 Å². The van der Waals surface area contributed by atoms with Crippen LogP contribution < -0.4 is 4.74 Å². The molecule has 0 aromatic carbocycles. The van der Waals surface area contributed by atoms with Gasteiger partial charge >= 0.3 is 6.01 Å². The van der Waals surface area contributed by atoms with Crippen LogP contribution in [-0.2, 0) is 0 Å². The first-order valence-electron chi connectivity index (χ1n) is 4.87. The first kappa shape index (κ1) is 13.5. The van der Waals surface area contributed by atoms with E-state index in [1.54, 1.807) is 0 Å². The van der Waals surface area contributed by atoms with Gasteiger partial charge in [-0.25, -0.2) is 0 Å². The molecule has 1 unspecified atom stereocenters. The summed E-state index contributed by atoms with van der Waals surface area (Å²) in [5.74, 6) is 0. The topological polar surface area (TPSA) is 68.1 Å². The molecule has 0 aliphatic heterocycles. The summed E-state index contributed by atoms with van der Waals surface area (Å²) in [7, 11) is 0. The molecule has 0 bridgehead atoms. The highest BCUT2D eigenvalue weighted by Gasteiger charge is 2.11. The third-order valence-corrected chi connectivity index (χ3v) is 2.59. The molecule has 0 fully saturated rings. The standard InChI is InChI=1S/C9H14ClN3O2S/c1-5(2)15-8-11-7(10)12-9(13-8)16-6(3)4-14/h5-6,14H,4H2,1-3H3. The SMILES string of the molecule is CC(C)Oc1nc(Cl)nc(SC(C)CO)n1. The molecule has 5 nitrogen and oxygen atoms in total. The van der Waals surface area contributed by atoms with Gasteiger partial charge in [-0.2, -0.15) is 15.0 Å². The Kier molecular flexibility index (Phi) is 5.24. The lowest BCUT2D eigenvalue weighted by atomic mass is 10.5. The van der Waals surface area contributed by atoms with E-state index in [2.05, 4.69) is 15.0 Å². The number of hydrogen-bond acceptors (Lipinski definition) is 6. The molecule has 1 aromatic rings. The molecular weight excluding hydrogens is 250 g/mol. The first-order valence-corrected chi connectivity index (χ1v) is 6.12. The van der Waals surface area contributed by atoms with Crippen molar-refractivity contribution in [1.29, 1.82) is 0 Å². The molecule has 0 amide bonds. The number of thioether (sulfide) groups is 1. The minimum atomic E-state index is -0.0217. The molecule has 0 saturated heterocycles. The normalized spacial score (nSPS) is 12.9. The minimum Gasteiger partial charge on any atom is -0.461 e. The lowest BCUT2D eigenvalue weighted by molar-refractivity contribution is 0.219. The van der Waals surface area contributed by atoms with Gasteiger partial charge in [0.15, 0.2) is 5.16 Å². The predicted molar refractivity (Wildman–Crippen MR) is 63.0 cm³/mol. The molecule has 7 heteroatoms. The summed E-state index contributed by atoms with van der Waals surface area (Å²) in [5.41, 5.74) is 0. The molecule has 1 N–H and O–H groups in total. The van der Waals surface area contributed by atoms with Gasteiger partial charge in [0.25, 0.3) is 0 Å². The Balaban J connectivity index is 2.81. The molecule has 0 radical (unpaired) electrons. The van der Waals surface area contributed by atoms with Crippen LogP contribution in [0, 0.1) is 0 Å². The maximum absolute atomic E-state index is 8.92. The Morgan fingerprint density at radius 3 is 2.56 bits per heavy atom. The van der Waals surface area contributed by atoms with Crippen LogP contribution in [0.2, 0.25) is 5.28 Å². The molecule has 1 heterocycles. The van der Waals surface area contributed by atoms with Gasteiger partial charge in [0.2, 0.25) is 5.28 Å². The average molecular weight is 264 g/mol. The predicted octanol–water partition coefficient (Wildman–Crippen LogP) is 1.79. The summed E-state index contributed by atoms with van der Waals surface area (Å²) in [6.45, 7) is 5.67. The quantitative estimate of drug-likeness (QED) is 0.817. The van der Waals surface area contributed by atoms with Crippen LogP contribution in [0.15, 0.2) is 5.16 Å². The molecule has 1 aromatic heterocycles. The molecule has 0 aliphatic rings. The van der Waals surface area contributed by atoms with E-state index in [1.807, 2.05) is 20.8 Å². The van der Waals surface area contributed by atoms with Gasteiger partial charge < -0.3 is 9.84 Å². The van der Waals surface area contributed by atoms with Crippen LogP contribution >= 0.6 is 23.4 Å². The Hall–Kier alpha value is -0.590. The number of ether oxygens (including phenoxy) is 1. The minimum absolute atomic E-state index is 0.00497. The Morgan fingerprint density at radius 2 is 2.00 bits per heavy atom. The third-order valence-electron chi connectivity index (χ3n) is 1.47. The van der Waals surface area contributed by atoms with Gasteiger partial charge in [0.1, 0.15) is 0 Å². The molecule has 0 spiro atoms. The van der Waals surface area contributed by atoms with Crippen molar-refractivity contribution in [2.45, 2.75) is 37.3 Å². The number of aromatic nitrogens is 3. The first-order chi connectivity index (χ1) is 7.51. The molecule has 16 heavy (non-hydrogen) atoms. The summed E-state index contributed by atoms with van der Waals surface area (Å²) >= 11 is 7.06. The van der Waals surface area contributed by atoms with Gasteiger partial charge in [-0.15, -0.1) is 0 Å². The fourth-order valence-electron chi connectivity index (χ4n) is 0.848. The second kappa shape index (κ2) is 6.22. The third kappa shape index (κ3) is 4.51. The number of aliphatic hydroxyl groups excluding tert-OH is 1. The largest absolute Gasteiger partial charge is 0.461 e. The zero-order valence-corrected chi connectivity index (χ0v) is 10.9. The summed E-state index contributed by atoms with van der Waals surface area (Å²) in [5, 5.41) is 9.48. The summed E-state index contributed by atoms with van der Waals surface area (Å²) < 4.78 is 5.33. The number of nitrogens with zero attached hydrogens (tertiary/aromatic N) is 3. The van der Waals surface area contributed by atoms with Crippen molar-refractivity contribution >= 4 is 23.4 Å². The van der Waals surface area contributed by atoms with Crippen molar-refractivity contribution < 1.29 is 9.84 Å². The smallest absolute Gasteiger partial charge is 0.321 e. The zero-order chi connectivity index (χ0) is 12.1. The van der Waals surface area contributed by atoms with Gasteiger partial charge in [-0.05, 0) is 25.4 Å². The van der Waals surface area contributed by atoms with E-state index in [9.17, 15) is 0 Å². The van der Waals surface area contributed by atoms with Crippen LogP contribution in [0.25, 0.3) is 0 Å². The number of rotatable bonds is 5. The van der Waals surface area contributed by atoms with Crippen LogP contribution in [0.4, 0.5) is 0 Å². The maximum atomic E-state index is 8.92. The van der Waals surface area contributed by atoms with Crippen molar-refractivity contribution in [3.8, 4) is 6.01 Å². The molecule has 0 aliphatic carbocycles. The lowest BCUT2D eigenvalue weighted by Gasteiger charge is -2.09. The van der Waals surface area contributed by atoms with Gasteiger partial charge in [0, 0.05) is 5.25 Å². The number of hydrogen-bond donors (Lipinski definition) is 1. The van der Waals surface area contributed by atoms with Crippen LogP contribution in [0.5, 0.6) is 6.01 Å². The summed E-state index contributed by atoms with van der Waals surface area (Å²) in [6, 6.07) is 0.211. The average Bonchev–Trinajstić information content (AvgIpc) is 2.15. The van der Waals surface area contributed by atoms with Crippen LogP contribution in [0.1, 0.15) is 20.8 Å². The van der Waals surface area contributed by atoms with Crippen molar-refractivity contribution in [3.05, 3.63) is 5.28 Å². The molecular formula is C9H14ClN3O2S. The van der Waals surface area contributed by atoms with Crippen LogP contribution in [-0.4, -0.2) is 38.0 Å². The Labute approximate surface area is 104 Å². The highest BCUT2D eigenvalue weighted by molar-refractivity contribution is 7.99. The van der Waals surface area contributed by atoms with Crippen molar-refractivity contribution in [2.24, 2.45) is 0 Å². The lowest BCUT2D eigenvalue weighted by Crippen LogP contribution is -2.10. The highest BCUT2D eigenvalue weighted by Crippen LogP contribution is 2.22. The monoisotopic (exact) mass is 263 g/mol. The van der Waals surface area contributed by atoms with E-state index in [-0.39, 0.29) is 29.3 Å². The van der Waals surface area contributed by atoms with E-state index < -0.39 is 0 Å². The summed E-state index contributed by atoms with van der Waals surface area (Å²) in [4.78, 5) is 11.9. The fraction of sp³-hybridized carbons (Fsp3) is 0.667. The fourth-order valence-corrected chi connectivity index (χ4v) is 1.75. The summed E-state index contributed by atoms with van der Waals surface area (Å²) in [6.07, 6.45) is -0.0217. The second-order valence-corrected chi connectivity index (χ2v) is 5.19. The van der Waals surface area contributed by atoms with Crippen molar-refractivity contribution in [3.63, 3.8) is 0 Å². The Morgan fingerprint density at radius 1 is 1.31 bits per heavy atom. The Bertz CT molecular complexity index is 352. The van der Waals surface area contributed by atoms with Gasteiger partial charge in [-0.3, -0.25) is 0 Å². The second-order valence-electron chi connectivity index (χ2n) is 3.45. The highest BCUT2D eigenvalue weighted by atomic mass is 35.5. The molecule has 0 saturated carbocycles. The van der Waals surface area contributed by atoms with E-state index in [0.29, 0.717) is 5.16 Å². The molecule has 90 valence electrons. The van der Waals surface area contributed by atoms with Gasteiger partial charge in [0.05, 0.1) is 12.7 Å². The van der Waals surface area contributed by atoms with Crippen LogP contribution in [0.3, 0.4) is 0 Å². The van der Waals surface area contributed by atoms with Crippen molar-refractivity contribution in [1.82, 2.24) is 15.0 Å².